The Morgan fingerprint density at radius 1 is 1.10 bits per heavy atom. The molecule has 0 spiro atoms. The van der Waals surface area contributed by atoms with Crippen LogP contribution in [0.15, 0.2) is 59.1 Å². The molecule has 2 aromatic heterocycles. The molecule has 4 rings (SSSR count). The summed E-state index contributed by atoms with van der Waals surface area (Å²) in [5.74, 6) is -0.417. The van der Waals surface area contributed by atoms with E-state index < -0.39 is 5.97 Å². The number of halogens is 1. The minimum atomic E-state index is -0.508. The van der Waals surface area contributed by atoms with Crippen LogP contribution in [0.1, 0.15) is 33.2 Å². The van der Waals surface area contributed by atoms with E-state index in [1.54, 1.807) is 23.7 Å². The molecule has 4 aromatic rings. The van der Waals surface area contributed by atoms with Gasteiger partial charge >= 0.3 is 5.97 Å². The topological polar surface area (TPSA) is 83.0 Å². The lowest BCUT2D eigenvalue weighted by Gasteiger charge is -2.05. The van der Waals surface area contributed by atoms with Crippen LogP contribution >= 0.6 is 0 Å². The van der Waals surface area contributed by atoms with Gasteiger partial charge < -0.3 is 9.26 Å². The zero-order chi connectivity index (χ0) is 21.1. The Balaban J connectivity index is 1.44. The molecule has 0 saturated heterocycles. The van der Waals surface area contributed by atoms with Crippen molar-refractivity contribution in [1.29, 1.82) is 0 Å². The summed E-state index contributed by atoms with van der Waals surface area (Å²) in [6.07, 6.45) is 0. The molecule has 0 aliphatic heterocycles. The van der Waals surface area contributed by atoms with Gasteiger partial charge in [-0.25, -0.2) is 9.18 Å². The fraction of sp³-hybridized carbons (Fsp3) is 0.182. The van der Waals surface area contributed by atoms with E-state index >= 15 is 0 Å². The number of carbonyl (C=O) groups is 1. The quantitative estimate of drug-likeness (QED) is 0.449. The molecule has 2 aromatic carbocycles. The fourth-order valence-corrected chi connectivity index (χ4v) is 3.13. The molecule has 8 heteroatoms. The third kappa shape index (κ3) is 4.12. The zero-order valence-electron chi connectivity index (χ0n) is 16.5. The fourth-order valence-electron chi connectivity index (χ4n) is 3.13. The van der Waals surface area contributed by atoms with Gasteiger partial charge in [0.25, 0.3) is 5.89 Å². The number of hydrogen-bond acceptors (Lipinski definition) is 6. The molecular weight excluding hydrogens is 387 g/mol. The van der Waals surface area contributed by atoms with Crippen LogP contribution in [0, 0.1) is 19.7 Å². The average molecular weight is 406 g/mol. The number of nitrogens with zero attached hydrogens (tertiary/aromatic N) is 4. The highest BCUT2D eigenvalue weighted by Crippen LogP contribution is 2.19. The third-order valence-electron chi connectivity index (χ3n) is 4.66. The predicted molar refractivity (Wildman–Crippen MR) is 106 cm³/mol. The van der Waals surface area contributed by atoms with Crippen LogP contribution in [0.2, 0.25) is 0 Å². The number of aromatic nitrogens is 4. The molecule has 30 heavy (non-hydrogen) atoms. The highest BCUT2D eigenvalue weighted by atomic mass is 19.1. The van der Waals surface area contributed by atoms with E-state index in [0.717, 1.165) is 11.3 Å². The van der Waals surface area contributed by atoms with E-state index in [2.05, 4.69) is 15.2 Å². The first-order chi connectivity index (χ1) is 14.5. The van der Waals surface area contributed by atoms with Gasteiger partial charge in [0, 0.05) is 5.56 Å². The Hall–Kier alpha value is -3.81. The first kappa shape index (κ1) is 19.5. The molecule has 0 radical (unpaired) electrons. The van der Waals surface area contributed by atoms with Crippen molar-refractivity contribution in [2.75, 3.05) is 0 Å². The maximum atomic E-state index is 13.0. The average Bonchev–Trinajstić information content (AvgIpc) is 3.32. The second-order valence-electron chi connectivity index (χ2n) is 6.78. The van der Waals surface area contributed by atoms with E-state index in [1.807, 2.05) is 37.3 Å². The van der Waals surface area contributed by atoms with Gasteiger partial charge in [0.1, 0.15) is 11.4 Å². The van der Waals surface area contributed by atoms with Crippen molar-refractivity contribution < 1.29 is 18.4 Å². The minimum Gasteiger partial charge on any atom is -0.452 e. The zero-order valence-corrected chi connectivity index (χ0v) is 16.5. The van der Waals surface area contributed by atoms with Gasteiger partial charge in [-0.3, -0.25) is 4.68 Å². The summed E-state index contributed by atoms with van der Waals surface area (Å²) < 4.78 is 25.3. The van der Waals surface area contributed by atoms with Gasteiger partial charge in [-0.2, -0.15) is 10.1 Å². The molecule has 0 aliphatic carbocycles. The first-order valence-electron chi connectivity index (χ1n) is 9.35. The third-order valence-corrected chi connectivity index (χ3v) is 4.66. The monoisotopic (exact) mass is 406 g/mol. The highest BCUT2D eigenvalue weighted by Gasteiger charge is 2.21. The Kier molecular flexibility index (Phi) is 5.38. The van der Waals surface area contributed by atoms with Crippen molar-refractivity contribution in [1.82, 2.24) is 19.9 Å². The second kappa shape index (κ2) is 8.28. The van der Waals surface area contributed by atoms with Crippen LogP contribution in [-0.2, 0) is 17.9 Å². The number of rotatable bonds is 6. The van der Waals surface area contributed by atoms with Gasteiger partial charge in [-0.15, -0.1) is 0 Å². The van der Waals surface area contributed by atoms with Gasteiger partial charge in [0.2, 0.25) is 5.82 Å². The van der Waals surface area contributed by atoms with Crippen molar-refractivity contribution in [3.05, 3.63) is 88.8 Å². The summed E-state index contributed by atoms with van der Waals surface area (Å²) in [5.41, 5.74) is 3.42. The lowest BCUT2D eigenvalue weighted by Crippen LogP contribution is -2.09. The van der Waals surface area contributed by atoms with E-state index in [-0.39, 0.29) is 18.3 Å². The molecule has 0 aliphatic rings. The molecule has 0 N–H and O–H groups in total. The Labute approximate surface area is 172 Å². The number of aryl methyl sites for hydroxylation is 1. The summed E-state index contributed by atoms with van der Waals surface area (Å²) in [6, 6.07) is 15.6. The minimum absolute atomic E-state index is 0.148. The molecular formula is C22H19FN4O3. The maximum Gasteiger partial charge on any atom is 0.342 e. The number of benzene rings is 2. The van der Waals surface area contributed by atoms with E-state index in [9.17, 15) is 9.18 Å². The molecule has 152 valence electrons. The van der Waals surface area contributed by atoms with Crippen LogP contribution in [-0.4, -0.2) is 25.9 Å². The molecule has 0 amide bonds. The number of esters is 1. The van der Waals surface area contributed by atoms with Crippen molar-refractivity contribution >= 4 is 5.97 Å². The molecule has 0 saturated carbocycles. The van der Waals surface area contributed by atoms with Crippen molar-refractivity contribution in [3.63, 3.8) is 0 Å². The van der Waals surface area contributed by atoms with Gasteiger partial charge in [-0.1, -0.05) is 35.5 Å². The Bertz CT molecular complexity index is 1170. The number of ether oxygens (including phenoxy) is 1. The molecule has 0 bridgehead atoms. The van der Waals surface area contributed by atoms with Crippen LogP contribution < -0.4 is 0 Å². The van der Waals surface area contributed by atoms with E-state index in [4.69, 9.17) is 9.26 Å². The Morgan fingerprint density at radius 2 is 1.83 bits per heavy atom. The smallest absolute Gasteiger partial charge is 0.342 e. The Morgan fingerprint density at radius 3 is 2.57 bits per heavy atom. The maximum absolute atomic E-state index is 13.0. The molecule has 2 heterocycles. The second-order valence-corrected chi connectivity index (χ2v) is 6.78. The van der Waals surface area contributed by atoms with Crippen molar-refractivity contribution in [3.8, 4) is 11.4 Å². The van der Waals surface area contributed by atoms with Crippen molar-refractivity contribution in [2.24, 2.45) is 0 Å². The van der Waals surface area contributed by atoms with Crippen LogP contribution in [0.4, 0.5) is 4.39 Å². The highest BCUT2D eigenvalue weighted by molar-refractivity contribution is 5.91. The summed E-state index contributed by atoms with van der Waals surface area (Å²) in [4.78, 5) is 16.8. The van der Waals surface area contributed by atoms with Gasteiger partial charge in [0.05, 0.1) is 17.9 Å². The van der Waals surface area contributed by atoms with E-state index in [0.29, 0.717) is 29.2 Å². The summed E-state index contributed by atoms with van der Waals surface area (Å²) in [6.45, 7) is 3.99. The molecule has 0 fully saturated rings. The van der Waals surface area contributed by atoms with Gasteiger partial charge in [0.15, 0.2) is 6.61 Å². The summed E-state index contributed by atoms with van der Waals surface area (Å²) in [7, 11) is 0. The predicted octanol–water partition coefficient (Wildman–Crippen LogP) is 4.09. The lowest BCUT2D eigenvalue weighted by molar-refractivity contribution is 0.0428. The summed E-state index contributed by atoms with van der Waals surface area (Å²) >= 11 is 0. The normalized spacial score (nSPS) is 10.9. The molecule has 0 atom stereocenters. The lowest BCUT2D eigenvalue weighted by atomic mass is 10.2. The van der Waals surface area contributed by atoms with Crippen molar-refractivity contribution in [2.45, 2.75) is 27.0 Å². The van der Waals surface area contributed by atoms with Crippen LogP contribution in [0.5, 0.6) is 0 Å². The van der Waals surface area contributed by atoms with Gasteiger partial charge in [-0.05, 0) is 43.7 Å². The largest absolute Gasteiger partial charge is 0.452 e. The van der Waals surface area contributed by atoms with E-state index in [1.165, 1.54) is 12.1 Å². The molecule has 0 unspecified atom stereocenters. The summed E-state index contributed by atoms with van der Waals surface area (Å²) in [5, 5.41) is 8.30. The number of hydrogen-bond donors (Lipinski definition) is 0. The first-order valence-corrected chi connectivity index (χ1v) is 9.35. The SMILES string of the molecule is Cc1nn(Cc2ccccc2)c(C)c1C(=O)OCc1nc(-c2ccc(F)cc2)no1. The standard InChI is InChI=1S/C22H19FN4O3/c1-14-20(15(2)27(25-14)12-16-6-4-3-5-7-16)22(28)29-13-19-24-21(26-30-19)17-8-10-18(23)11-9-17/h3-11H,12-13H2,1-2H3. The number of carbonyl (C=O) groups excluding carboxylic acids is 1. The van der Waals surface area contributed by atoms with Crippen LogP contribution in [0.25, 0.3) is 11.4 Å². The molecule has 7 nitrogen and oxygen atoms in total. The van der Waals surface area contributed by atoms with Crippen LogP contribution in [0.3, 0.4) is 0 Å².